The largest absolute Gasteiger partial charge is 0.493 e. The Bertz CT molecular complexity index is 1310. The Kier molecular flexibility index (Phi) is 11.0. The Morgan fingerprint density at radius 2 is 1.87 bits per heavy atom. The SMILES string of the molecule is CCCOc1ccc(S(=O)(=O)NC(C)(CCCCNC(C)=O)C(=O)O)cc1-c1nc(CC)c(CC)c(=O)[nH]1. The zero-order valence-electron chi connectivity index (χ0n) is 22.6. The van der Waals surface area contributed by atoms with Crippen molar-refractivity contribution in [2.45, 2.75) is 83.6 Å². The van der Waals surface area contributed by atoms with Crippen molar-refractivity contribution >= 4 is 21.9 Å². The number of hydrogen-bond acceptors (Lipinski definition) is 7. The third-order valence-electron chi connectivity index (χ3n) is 6.08. The fraction of sp³-hybridized carbons (Fsp3) is 0.538. The summed E-state index contributed by atoms with van der Waals surface area (Å²) in [4.78, 5) is 42.9. The number of unbranched alkanes of at least 4 members (excludes halogenated alkanes) is 1. The first-order valence-corrected chi connectivity index (χ1v) is 14.3. The van der Waals surface area contributed by atoms with Gasteiger partial charge in [0.25, 0.3) is 5.56 Å². The van der Waals surface area contributed by atoms with Crippen LogP contribution in [0.5, 0.6) is 5.75 Å². The number of aromatic amines is 1. The molecule has 1 amide bonds. The summed E-state index contributed by atoms with van der Waals surface area (Å²) in [5.74, 6) is -0.997. The van der Waals surface area contributed by atoms with Gasteiger partial charge in [-0.2, -0.15) is 4.72 Å². The standard InChI is InChI=1S/C26H38N4O7S/c1-6-15-37-22-12-11-18(16-20(22)23-28-21(8-3)19(7-2)24(32)29-23)38(35,36)30-26(5,25(33)34)13-9-10-14-27-17(4)31/h11-12,16,30H,6-10,13-15H2,1-5H3,(H,27,31)(H,33,34)(H,28,29,32). The number of sulfonamides is 1. The Morgan fingerprint density at radius 3 is 2.45 bits per heavy atom. The molecule has 2 aromatic rings. The lowest BCUT2D eigenvalue weighted by atomic mass is 9.96. The number of aryl methyl sites for hydroxylation is 1. The minimum atomic E-state index is -4.30. The van der Waals surface area contributed by atoms with E-state index in [0.29, 0.717) is 62.3 Å². The first kappa shape index (κ1) is 31.0. The van der Waals surface area contributed by atoms with Crippen LogP contribution in [0.4, 0.5) is 0 Å². The smallest absolute Gasteiger partial charge is 0.324 e. The molecule has 0 saturated heterocycles. The molecular weight excluding hydrogens is 512 g/mol. The van der Waals surface area contributed by atoms with Gasteiger partial charge in [-0.15, -0.1) is 0 Å². The summed E-state index contributed by atoms with van der Waals surface area (Å²) >= 11 is 0. The fourth-order valence-electron chi connectivity index (χ4n) is 3.95. The van der Waals surface area contributed by atoms with Gasteiger partial charge in [0.15, 0.2) is 0 Å². The van der Waals surface area contributed by atoms with Crippen LogP contribution in [0, 0.1) is 0 Å². The molecule has 1 atom stereocenters. The number of hydrogen-bond donors (Lipinski definition) is 4. The number of ether oxygens (including phenoxy) is 1. The number of carbonyl (C=O) groups excluding carboxylic acids is 1. The molecule has 0 radical (unpaired) electrons. The van der Waals surface area contributed by atoms with Gasteiger partial charge in [-0.25, -0.2) is 13.4 Å². The van der Waals surface area contributed by atoms with Gasteiger partial charge in [0, 0.05) is 19.0 Å². The number of aromatic nitrogens is 2. The maximum atomic E-state index is 13.4. The van der Waals surface area contributed by atoms with Gasteiger partial charge in [-0.1, -0.05) is 20.8 Å². The van der Waals surface area contributed by atoms with Gasteiger partial charge in [0.05, 0.1) is 22.8 Å². The summed E-state index contributed by atoms with van der Waals surface area (Å²) in [5.41, 5.74) is -0.634. The molecule has 0 spiro atoms. The summed E-state index contributed by atoms with van der Waals surface area (Å²) < 4.78 is 34.9. The molecule has 0 saturated carbocycles. The summed E-state index contributed by atoms with van der Waals surface area (Å²) in [5, 5.41) is 12.5. The zero-order chi connectivity index (χ0) is 28.5. The summed E-state index contributed by atoms with van der Waals surface area (Å²) in [7, 11) is -4.30. The first-order chi connectivity index (χ1) is 17.9. The number of benzene rings is 1. The van der Waals surface area contributed by atoms with Crippen molar-refractivity contribution in [3.05, 3.63) is 39.8 Å². The van der Waals surface area contributed by atoms with Crippen LogP contribution in [0.2, 0.25) is 0 Å². The highest BCUT2D eigenvalue weighted by Gasteiger charge is 2.37. The van der Waals surface area contributed by atoms with Gasteiger partial charge in [0.1, 0.15) is 17.1 Å². The van der Waals surface area contributed by atoms with E-state index in [4.69, 9.17) is 4.74 Å². The summed E-state index contributed by atoms with van der Waals surface area (Å²) in [6, 6.07) is 4.13. The van der Waals surface area contributed by atoms with Crippen LogP contribution in [0.15, 0.2) is 27.9 Å². The lowest BCUT2D eigenvalue weighted by Gasteiger charge is -2.26. The highest BCUT2D eigenvalue weighted by Crippen LogP contribution is 2.31. The first-order valence-electron chi connectivity index (χ1n) is 12.8. The maximum absolute atomic E-state index is 13.4. The van der Waals surface area contributed by atoms with Crippen LogP contribution in [0.25, 0.3) is 11.4 Å². The Labute approximate surface area is 223 Å². The molecule has 2 rings (SSSR count). The lowest BCUT2D eigenvalue weighted by molar-refractivity contribution is -0.143. The van der Waals surface area contributed by atoms with Gasteiger partial charge in [-0.05, 0) is 63.6 Å². The Morgan fingerprint density at radius 1 is 1.16 bits per heavy atom. The predicted molar refractivity (Wildman–Crippen MR) is 144 cm³/mol. The molecule has 1 heterocycles. The second-order valence-corrected chi connectivity index (χ2v) is 10.9. The van der Waals surface area contributed by atoms with Crippen LogP contribution in [0.3, 0.4) is 0 Å². The molecule has 1 aromatic heterocycles. The maximum Gasteiger partial charge on any atom is 0.324 e. The fourth-order valence-corrected chi connectivity index (χ4v) is 5.37. The van der Waals surface area contributed by atoms with Crippen LogP contribution in [-0.2, 0) is 32.5 Å². The molecule has 38 heavy (non-hydrogen) atoms. The van der Waals surface area contributed by atoms with Gasteiger partial charge in [0.2, 0.25) is 15.9 Å². The van der Waals surface area contributed by atoms with E-state index in [1.807, 2.05) is 20.8 Å². The second kappa shape index (κ2) is 13.5. The van der Waals surface area contributed by atoms with Crippen LogP contribution >= 0.6 is 0 Å². The zero-order valence-corrected chi connectivity index (χ0v) is 23.5. The van der Waals surface area contributed by atoms with E-state index in [0.717, 1.165) is 0 Å². The quantitative estimate of drug-likeness (QED) is 0.246. The van der Waals surface area contributed by atoms with E-state index in [-0.39, 0.29) is 34.2 Å². The lowest BCUT2D eigenvalue weighted by Crippen LogP contribution is -2.52. The van der Waals surface area contributed by atoms with E-state index in [1.54, 1.807) is 0 Å². The normalized spacial score (nSPS) is 13.1. The van der Waals surface area contributed by atoms with Crippen molar-refractivity contribution in [1.29, 1.82) is 0 Å². The van der Waals surface area contributed by atoms with Gasteiger partial charge in [-0.3, -0.25) is 14.4 Å². The molecule has 4 N–H and O–H groups in total. The molecular formula is C26H38N4O7S. The van der Waals surface area contributed by atoms with Crippen LogP contribution < -0.4 is 20.3 Å². The van der Waals surface area contributed by atoms with Crippen molar-refractivity contribution in [3.63, 3.8) is 0 Å². The number of carboxylic acid groups (broad SMARTS) is 1. The van der Waals surface area contributed by atoms with Crippen molar-refractivity contribution in [1.82, 2.24) is 20.0 Å². The molecule has 0 aliphatic rings. The number of carboxylic acids is 1. The van der Waals surface area contributed by atoms with Gasteiger partial charge < -0.3 is 20.1 Å². The summed E-state index contributed by atoms with van der Waals surface area (Å²) in [6.07, 6.45) is 2.60. The molecule has 1 unspecified atom stereocenters. The predicted octanol–water partition coefficient (Wildman–Crippen LogP) is 2.78. The minimum Gasteiger partial charge on any atom is -0.493 e. The minimum absolute atomic E-state index is 0.0128. The highest BCUT2D eigenvalue weighted by molar-refractivity contribution is 7.89. The average molecular weight is 551 g/mol. The molecule has 210 valence electrons. The van der Waals surface area contributed by atoms with E-state index < -0.39 is 21.5 Å². The molecule has 0 aliphatic heterocycles. The van der Waals surface area contributed by atoms with Crippen molar-refractivity contribution in [3.8, 4) is 17.1 Å². The number of aliphatic carboxylic acids is 1. The third kappa shape index (κ3) is 7.87. The number of amides is 1. The van der Waals surface area contributed by atoms with Crippen LogP contribution in [-0.4, -0.2) is 54.1 Å². The van der Waals surface area contributed by atoms with E-state index in [9.17, 15) is 27.9 Å². The number of rotatable bonds is 15. The summed E-state index contributed by atoms with van der Waals surface area (Å²) in [6.45, 7) is 9.09. The number of nitrogens with zero attached hydrogens (tertiary/aromatic N) is 1. The number of H-pyrrole nitrogens is 1. The highest BCUT2D eigenvalue weighted by atomic mass is 32.2. The average Bonchev–Trinajstić information content (AvgIpc) is 2.85. The number of nitrogens with one attached hydrogen (secondary N) is 3. The monoisotopic (exact) mass is 550 g/mol. The molecule has 12 heteroatoms. The Balaban J connectivity index is 2.47. The third-order valence-corrected chi connectivity index (χ3v) is 7.67. The number of carbonyl (C=O) groups is 2. The van der Waals surface area contributed by atoms with Crippen LogP contribution in [0.1, 0.15) is 71.6 Å². The molecule has 1 aromatic carbocycles. The van der Waals surface area contributed by atoms with E-state index in [1.165, 1.54) is 32.0 Å². The van der Waals surface area contributed by atoms with E-state index >= 15 is 0 Å². The van der Waals surface area contributed by atoms with Crippen molar-refractivity contribution < 1.29 is 27.9 Å². The molecule has 11 nitrogen and oxygen atoms in total. The molecule has 0 aliphatic carbocycles. The van der Waals surface area contributed by atoms with E-state index in [2.05, 4.69) is 20.0 Å². The molecule has 0 fully saturated rings. The van der Waals surface area contributed by atoms with Crippen molar-refractivity contribution in [2.75, 3.05) is 13.2 Å². The van der Waals surface area contributed by atoms with Gasteiger partial charge >= 0.3 is 5.97 Å². The molecule has 0 bridgehead atoms. The topological polar surface area (TPSA) is 168 Å². The Hall–Kier alpha value is -3.25. The van der Waals surface area contributed by atoms with Crippen molar-refractivity contribution in [2.24, 2.45) is 0 Å². The second-order valence-electron chi connectivity index (χ2n) is 9.24.